The number of aryl methyl sites for hydroxylation is 1. The van der Waals surface area contributed by atoms with E-state index in [2.05, 4.69) is 40.1 Å². The summed E-state index contributed by atoms with van der Waals surface area (Å²) >= 11 is 0. The molecule has 0 spiro atoms. The average Bonchev–Trinajstić information content (AvgIpc) is 2.35. The van der Waals surface area contributed by atoms with Gasteiger partial charge in [0.05, 0.1) is 12.5 Å². The fraction of sp³-hybridized carbons (Fsp3) is 0.643. The maximum Gasteiger partial charge on any atom is 0.134 e. The van der Waals surface area contributed by atoms with E-state index in [9.17, 15) is 0 Å². The van der Waals surface area contributed by atoms with Crippen LogP contribution in [0.5, 0.6) is 0 Å². The van der Waals surface area contributed by atoms with Crippen LogP contribution in [0, 0.1) is 24.2 Å². The van der Waals surface area contributed by atoms with Gasteiger partial charge in [0.2, 0.25) is 0 Å². The monoisotopic (exact) mass is 261 g/mol. The second-order valence-electron chi connectivity index (χ2n) is 5.10. The highest BCUT2D eigenvalue weighted by Gasteiger charge is 2.07. The van der Waals surface area contributed by atoms with E-state index in [4.69, 9.17) is 5.26 Å². The molecule has 1 aromatic rings. The van der Waals surface area contributed by atoms with Crippen LogP contribution in [0.15, 0.2) is 6.07 Å². The summed E-state index contributed by atoms with van der Waals surface area (Å²) in [6.45, 7) is 7.91. The number of nitrogens with zero attached hydrogens (tertiary/aromatic N) is 4. The number of nitriles is 1. The highest BCUT2D eigenvalue weighted by atomic mass is 15.2. The van der Waals surface area contributed by atoms with Crippen LogP contribution in [0.3, 0.4) is 0 Å². The highest BCUT2D eigenvalue weighted by Crippen LogP contribution is 2.15. The van der Waals surface area contributed by atoms with Crippen molar-refractivity contribution < 1.29 is 0 Å². The molecule has 5 heteroatoms. The lowest BCUT2D eigenvalue weighted by Gasteiger charge is -2.20. The summed E-state index contributed by atoms with van der Waals surface area (Å²) in [5, 5.41) is 11.7. The molecule has 0 aliphatic carbocycles. The summed E-state index contributed by atoms with van der Waals surface area (Å²) in [6.07, 6.45) is 1.61. The van der Waals surface area contributed by atoms with Crippen molar-refractivity contribution in [2.45, 2.75) is 33.6 Å². The van der Waals surface area contributed by atoms with Gasteiger partial charge in [-0.25, -0.2) is 9.97 Å². The number of aromatic nitrogens is 2. The van der Waals surface area contributed by atoms with Gasteiger partial charge >= 0.3 is 0 Å². The molecule has 0 saturated carbocycles. The lowest BCUT2D eigenvalue weighted by Crippen LogP contribution is -2.21. The fourth-order valence-electron chi connectivity index (χ4n) is 1.65. The SMILES string of the molecule is Cc1nc(NCCC#N)cc(N(C)CCC(C)C)n1. The van der Waals surface area contributed by atoms with Gasteiger partial charge in [0.1, 0.15) is 17.5 Å². The van der Waals surface area contributed by atoms with E-state index in [1.54, 1.807) is 0 Å². The summed E-state index contributed by atoms with van der Waals surface area (Å²) in [5.41, 5.74) is 0. The molecule has 5 nitrogen and oxygen atoms in total. The molecule has 0 fully saturated rings. The zero-order valence-electron chi connectivity index (χ0n) is 12.3. The Balaban J connectivity index is 2.69. The summed E-state index contributed by atoms with van der Waals surface area (Å²) in [7, 11) is 2.04. The zero-order chi connectivity index (χ0) is 14.3. The molecule has 1 heterocycles. The molecule has 1 N–H and O–H groups in total. The normalized spacial score (nSPS) is 10.3. The Morgan fingerprint density at radius 1 is 1.42 bits per heavy atom. The van der Waals surface area contributed by atoms with Crippen LogP contribution < -0.4 is 10.2 Å². The molecule has 1 aromatic heterocycles. The molecule has 0 aliphatic rings. The molecule has 19 heavy (non-hydrogen) atoms. The average molecular weight is 261 g/mol. The first-order valence-electron chi connectivity index (χ1n) is 6.70. The number of rotatable bonds is 7. The van der Waals surface area contributed by atoms with Crippen molar-refractivity contribution >= 4 is 11.6 Å². The molecular weight excluding hydrogens is 238 g/mol. The number of nitrogens with one attached hydrogen (secondary N) is 1. The first kappa shape index (κ1) is 15.2. The van der Waals surface area contributed by atoms with Gasteiger partial charge in [-0.05, 0) is 19.3 Å². The molecule has 0 aromatic carbocycles. The van der Waals surface area contributed by atoms with Crippen LogP contribution in [-0.4, -0.2) is 30.1 Å². The third-order valence-corrected chi connectivity index (χ3v) is 2.80. The molecule has 0 unspecified atom stereocenters. The van der Waals surface area contributed by atoms with Gasteiger partial charge in [0.25, 0.3) is 0 Å². The lowest BCUT2D eigenvalue weighted by molar-refractivity contribution is 0.583. The van der Waals surface area contributed by atoms with Crippen molar-refractivity contribution in [2.75, 3.05) is 30.4 Å². The van der Waals surface area contributed by atoms with E-state index < -0.39 is 0 Å². The molecule has 0 radical (unpaired) electrons. The van der Waals surface area contributed by atoms with Gasteiger partial charge in [-0.1, -0.05) is 13.8 Å². The van der Waals surface area contributed by atoms with Gasteiger partial charge in [-0.2, -0.15) is 5.26 Å². The van der Waals surface area contributed by atoms with Crippen LogP contribution >= 0.6 is 0 Å². The Morgan fingerprint density at radius 3 is 2.79 bits per heavy atom. The van der Waals surface area contributed by atoms with Crippen LogP contribution in [0.1, 0.15) is 32.5 Å². The smallest absolute Gasteiger partial charge is 0.134 e. The van der Waals surface area contributed by atoms with Crippen LogP contribution in [-0.2, 0) is 0 Å². The second-order valence-corrected chi connectivity index (χ2v) is 5.10. The Labute approximate surface area is 115 Å². The predicted molar refractivity (Wildman–Crippen MR) is 78.2 cm³/mol. The van der Waals surface area contributed by atoms with Crippen LogP contribution in [0.2, 0.25) is 0 Å². The molecule has 0 atom stereocenters. The minimum atomic E-state index is 0.474. The summed E-state index contributed by atoms with van der Waals surface area (Å²) in [4.78, 5) is 10.9. The second kappa shape index (κ2) is 7.57. The van der Waals surface area contributed by atoms with E-state index >= 15 is 0 Å². The topological polar surface area (TPSA) is 64.8 Å². The molecule has 1 rings (SSSR count). The van der Waals surface area contributed by atoms with E-state index in [0.717, 1.165) is 30.4 Å². The summed E-state index contributed by atoms with van der Waals surface area (Å²) in [6, 6.07) is 4.04. The van der Waals surface area contributed by atoms with E-state index in [0.29, 0.717) is 18.9 Å². The minimum Gasteiger partial charge on any atom is -0.369 e. The summed E-state index contributed by atoms with van der Waals surface area (Å²) in [5.74, 6) is 3.13. The van der Waals surface area contributed by atoms with Crippen molar-refractivity contribution in [1.29, 1.82) is 5.26 Å². The van der Waals surface area contributed by atoms with E-state index in [1.807, 2.05) is 20.0 Å². The van der Waals surface area contributed by atoms with Gasteiger partial charge in [-0.15, -0.1) is 0 Å². The van der Waals surface area contributed by atoms with Crippen molar-refractivity contribution in [1.82, 2.24) is 9.97 Å². The molecular formula is C14H23N5. The Kier molecular flexibility index (Phi) is 6.07. The molecule has 0 aliphatic heterocycles. The minimum absolute atomic E-state index is 0.474. The van der Waals surface area contributed by atoms with Crippen LogP contribution in [0.25, 0.3) is 0 Å². The maximum atomic E-state index is 8.53. The van der Waals surface area contributed by atoms with Gasteiger partial charge in [0, 0.05) is 26.2 Å². The van der Waals surface area contributed by atoms with Crippen molar-refractivity contribution in [3.05, 3.63) is 11.9 Å². The van der Waals surface area contributed by atoms with E-state index in [-0.39, 0.29) is 0 Å². The van der Waals surface area contributed by atoms with E-state index in [1.165, 1.54) is 0 Å². The first-order valence-corrected chi connectivity index (χ1v) is 6.70. The van der Waals surface area contributed by atoms with Crippen LogP contribution in [0.4, 0.5) is 11.6 Å². The van der Waals surface area contributed by atoms with Crippen molar-refractivity contribution in [2.24, 2.45) is 5.92 Å². The Morgan fingerprint density at radius 2 is 2.16 bits per heavy atom. The third kappa shape index (κ3) is 5.56. The lowest BCUT2D eigenvalue weighted by atomic mass is 10.1. The zero-order valence-corrected chi connectivity index (χ0v) is 12.3. The predicted octanol–water partition coefficient (Wildman–Crippen LogP) is 2.59. The fourth-order valence-corrected chi connectivity index (χ4v) is 1.65. The van der Waals surface area contributed by atoms with Gasteiger partial charge in [-0.3, -0.25) is 0 Å². The number of hydrogen-bond donors (Lipinski definition) is 1. The van der Waals surface area contributed by atoms with Gasteiger partial charge < -0.3 is 10.2 Å². The number of anilines is 2. The molecule has 104 valence electrons. The Bertz CT molecular complexity index is 436. The quantitative estimate of drug-likeness (QED) is 0.764. The molecule has 0 amide bonds. The summed E-state index contributed by atoms with van der Waals surface area (Å²) < 4.78 is 0. The molecule has 0 saturated heterocycles. The number of hydrogen-bond acceptors (Lipinski definition) is 5. The van der Waals surface area contributed by atoms with Gasteiger partial charge in [0.15, 0.2) is 0 Å². The maximum absolute atomic E-state index is 8.53. The Hall–Kier alpha value is -1.83. The van der Waals surface area contributed by atoms with Crippen molar-refractivity contribution in [3.8, 4) is 6.07 Å². The largest absolute Gasteiger partial charge is 0.369 e. The highest BCUT2D eigenvalue weighted by molar-refractivity contribution is 5.48. The van der Waals surface area contributed by atoms with Crippen molar-refractivity contribution in [3.63, 3.8) is 0 Å². The first-order chi connectivity index (χ1) is 9.02. The molecule has 0 bridgehead atoms. The standard InChI is InChI=1S/C14H23N5/c1-11(2)6-9-19(4)14-10-13(16-8-5-7-15)17-12(3)18-14/h10-11H,5-6,8-9H2,1-4H3,(H,16,17,18). The third-order valence-electron chi connectivity index (χ3n) is 2.80.